The van der Waals surface area contributed by atoms with Crippen LogP contribution in [0.3, 0.4) is 0 Å². The summed E-state index contributed by atoms with van der Waals surface area (Å²) >= 11 is 0. The number of hydrogen-bond acceptors (Lipinski definition) is 4. The Morgan fingerprint density at radius 2 is 2.11 bits per heavy atom. The van der Waals surface area contributed by atoms with Crippen LogP contribution < -0.4 is 5.32 Å². The predicted molar refractivity (Wildman–Crippen MR) is 73.8 cm³/mol. The third-order valence-corrected chi connectivity index (χ3v) is 3.12. The van der Waals surface area contributed by atoms with Crippen molar-refractivity contribution in [3.8, 4) is 0 Å². The molecule has 2 rings (SSSR count). The van der Waals surface area contributed by atoms with Crippen LogP contribution in [0.2, 0.25) is 0 Å². The molecular formula is C13H22N6. The summed E-state index contributed by atoms with van der Waals surface area (Å²) in [5.41, 5.74) is 1.19. The molecule has 6 heteroatoms. The van der Waals surface area contributed by atoms with Gasteiger partial charge in [0.1, 0.15) is 18.0 Å². The summed E-state index contributed by atoms with van der Waals surface area (Å²) in [6, 6.07) is 0. The van der Waals surface area contributed by atoms with Crippen LogP contribution in [0, 0.1) is 6.92 Å². The van der Waals surface area contributed by atoms with Crippen molar-refractivity contribution in [3.05, 3.63) is 29.9 Å². The molecule has 2 heterocycles. The molecule has 0 atom stereocenters. The average molecular weight is 262 g/mol. The molecule has 2 aromatic heterocycles. The second-order valence-corrected chi connectivity index (χ2v) is 4.56. The van der Waals surface area contributed by atoms with Crippen LogP contribution in [0.25, 0.3) is 0 Å². The first-order chi connectivity index (χ1) is 9.26. The summed E-state index contributed by atoms with van der Waals surface area (Å²) in [4.78, 5) is 8.75. The van der Waals surface area contributed by atoms with E-state index in [9.17, 15) is 0 Å². The molecule has 6 nitrogen and oxygen atoms in total. The smallest absolute Gasteiger partial charge is 0.146 e. The summed E-state index contributed by atoms with van der Waals surface area (Å²) in [6.07, 6.45) is 4.61. The third kappa shape index (κ3) is 3.20. The Hall–Kier alpha value is -1.69. The highest BCUT2D eigenvalue weighted by atomic mass is 15.3. The van der Waals surface area contributed by atoms with Crippen molar-refractivity contribution in [3.63, 3.8) is 0 Å². The van der Waals surface area contributed by atoms with Crippen molar-refractivity contribution in [1.29, 1.82) is 0 Å². The molecule has 1 N–H and O–H groups in total. The van der Waals surface area contributed by atoms with Gasteiger partial charge in [-0.05, 0) is 19.9 Å². The predicted octanol–water partition coefficient (Wildman–Crippen LogP) is 1.35. The van der Waals surface area contributed by atoms with E-state index in [1.54, 1.807) is 6.33 Å². The molecule has 104 valence electrons. The molecule has 0 fully saturated rings. The Bertz CT molecular complexity index is 513. The number of nitrogens with zero attached hydrogens (tertiary/aromatic N) is 5. The van der Waals surface area contributed by atoms with E-state index in [1.165, 1.54) is 5.69 Å². The summed E-state index contributed by atoms with van der Waals surface area (Å²) in [5.74, 6) is 2.00. The van der Waals surface area contributed by atoms with Gasteiger partial charge < -0.3 is 9.88 Å². The lowest BCUT2D eigenvalue weighted by atomic mass is 10.4. The summed E-state index contributed by atoms with van der Waals surface area (Å²) in [5, 5.41) is 7.60. The zero-order valence-electron chi connectivity index (χ0n) is 11.9. The maximum absolute atomic E-state index is 4.39. The van der Waals surface area contributed by atoms with E-state index in [1.807, 2.05) is 17.8 Å². The largest absolute Gasteiger partial charge is 0.323 e. The molecule has 0 spiro atoms. The van der Waals surface area contributed by atoms with E-state index in [0.29, 0.717) is 0 Å². The minimum Gasteiger partial charge on any atom is -0.323 e. The van der Waals surface area contributed by atoms with Crippen LogP contribution >= 0.6 is 0 Å². The molecular weight excluding hydrogens is 240 g/mol. The SMILES string of the molecule is CCCn1ncnc1Cn1c(CNCC)cnc1C. The quantitative estimate of drug-likeness (QED) is 0.818. The summed E-state index contributed by atoms with van der Waals surface area (Å²) in [6.45, 7) is 9.69. The van der Waals surface area contributed by atoms with Crippen molar-refractivity contribution < 1.29 is 0 Å². The van der Waals surface area contributed by atoms with Crippen LogP contribution in [-0.4, -0.2) is 30.9 Å². The number of imidazole rings is 1. The van der Waals surface area contributed by atoms with Crippen molar-refractivity contribution in [2.45, 2.75) is 46.8 Å². The molecule has 0 saturated carbocycles. The molecule has 2 aromatic rings. The number of hydrogen-bond donors (Lipinski definition) is 1. The van der Waals surface area contributed by atoms with Gasteiger partial charge in [0.15, 0.2) is 0 Å². The van der Waals surface area contributed by atoms with Gasteiger partial charge in [-0.25, -0.2) is 14.6 Å². The molecule has 19 heavy (non-hydrogen) atoms. The highest BCUT2D eigenvalue weighted by Gasteiger charge is 2.10. The van der Waals surface area contributed by atoms with Gasteiger partial charge >= 0.3 is 0 Å². The molecule has 0 unspecified atom stereocenters. The van der Waals surface area contributed by atoms with Crippen molar-refractivity contribution in [2.24, 2.45) is 0 Å². The van der Waals surface area contributed by atoms with Gasteiger partial charge in [0.25, 0.3) is 0 Å². The second-order valence-electron chi connectivity index (χ2n) is 4.56. The molecule has 0 aliphatic rings. The van der Waals surface area contributed by atoms with Crippen LogP contribution in [0.15, 0.2) is 12.5 Å². The van der Waals surface area contributed by atoms with Gasteiger partial charge in [0.2, 0.25) is 0 Å². The maximum Gasteiger partial charge on any atom is 0.146 e. The molecule has 0 radical (unpaired) electrons. The normalized spacial score (nSPS) is 11.1. The molecule has 0 saturated heterocycles. The molecule has 0 bridgehead atoms. The number of rotatable bonds is 7. The van der Waals surface area contributed by atoms with Crippen LogP contribution in [0.5, 0.6) is 0 Å². The maximum atomic E-state index is 4.39. The highest BCUT2D eigenvalue weighted by Crippen LogP contribution is 2.08. The van der Waals surface area contributed by atoms with Gasteiger partial charge in [-0.2, -0.15) is 5.10 Å². The van der Waals surface area contributed by atoms with Gasteiger partial charge in [-0.3, -0.25) is 0 Å². The Morgan fingerprint density at radius 1 is 1.26 bits per heavy atom. The first-order valence-corrected chi connectivity index (χ1v) is 6.84. The fraction of sp³-hybridized carbons (Fsp3) is 0.615. The summed E-state index contributed by atoms with van der Waals surface area (Å²) in [7, 11) is 0. The number of nitrogens with one attached hydrogen (secondary N) is 1. The second kappa shape index (κ2) is 6.47. The van der Waals surface area contributed by atoms with Crippen molar-refractivity contribution >= 4 is 0 Å². The van der Waals surface area contributed by atoms with Gasteiger partial charge in [0, 0.05) is 19.3 Å². The summed E-state index contributed by atoms with van der Waals surface area (Å²) < 4.78 is 4.16. The monoisotopic (exact) mass is 262 g/mol. The third-order valence-electron chi connectivity index (χ3n) is 3.12. The molecule has 0 aliphatic carbocycles. The zero-order chi connectivity index (χ0) is 13.7. The first kappa shape index (κ1) is 13.7. The lowest BCUT2D eigenvalue weighted by Gasteiger charge is -2.11. The van der Waals surface area contributed by atoms with Crippen molar-refractivity contribution in [1.82, 2.24) is 29.6 Å². The topological polar surface area (TPSA) is 60.6 Å². The lowest BCUT2D eigenvalue weighted by molar-refractivity contribution is 0.542. The number of aryl methyl sites for hydroxylation is 2. The van der Waals surface area contributed by atoms with E-state index < -0.39 is 0 Å². The molecule has 0 amide bonds. The minimum atomic E-state index is 0.729. The highest BCUT2D eigenvalue weighted by molar-refractivity contribution is 5.06. The van der Waals surface area contributed by atoms with E-state index in [4.69, 9.17) is 0 Å². The van der Waals surface area contributed by atoms with Crippen LogP contribution in [-0.2, 0) is 19.6 Å². The average Bonchev–Trinajstić information content (AvgIpc) is 2.98. The van der Waals surface area contributed by atoms with E-state index in [0.717, 1.165) is 44.2 Å². The van der Waals surface area contributed by atoms with Gasteiger partial charge in [-0.1, -0.05) is 13.8 Å². The fourth-order valence-corrected chi connectivity index (χ4v) is 2.08. The number of aromatic nitrogens is 5. The Labute approximate surface area is 113 Å². The lowest BCUT2D eigenvalue weighted by Crippen LogP contribution is -2.18. The first-order valence-electron chi connectivity index (χ1n) is 6.84. The van der Waals surface area contributed by atoms with Gasteiger partial charge in [-0.15, -0.1) is 0 Å². The zero-order valence-corrected chi connectivity index (χ0v) is 11.9. The van der Waals surface area contributed by atoms with E-state index >= 15 is 0 Å². The minimum absolute atomic E-state index is 0.729. The Balaban J connectivity index is 2.17. The fourth-order valence-electron chi connectivity index (χ4n) is 2.08. The van der Waals surface area contributed by atoms with Crippen LogP contribution in [0.1, 0.15) is 37.6 Å². The molecule has 0 aromatic carbocycles. The standard InChI is InChI=1S/C13H22N6/c1-4-6-19-13(16-10-17-19)9-18-11(3)15-8-12(18)7-14-5-2/h8,10,14H,4-7,9H2,1-3H3. The Morgan fingerprint density at radius 3 is 2.84 bits per heavy atom. The molecule has 0 aliphatic heterocycles. The van der Waals surface area contributed by atoms with Crippen molar-refractivity contribution in [2.75, 3.05) is 6.54 Å². The Kier molecular flexibility index (Phi) is 4.68. The van der Waals surface area contributed by atoms with E-state index in [2.05, 4.69) is 38.8 Å². The van der Waals surface area contributed by atoms with Crippen LogP contribution in [0.4, 0.5) is 0 Å². The van der Waals surface area contributed by atoms with Gasteiger partial charge in [0.05, 0.1) is 12.2 Å². The van der Waals surface area contributed by atoms with E-state index in [-0.39, 0.29) is 0 Å².